The number of carbonyl (C=O) groups excluding carboxylic acids is 1. The van der Waals surface area contributed by atoms with E-state index in [0.29, 0.717) is 22.1 Å². The number of carbonyl (C=O) groups is 1. The topological polar surface area (TPSA) is 35.5 Å². The van der Waals surface area contributed by atoms with Gasteiger partial charge < -0.3 is 9.47 Å². The van der Waals surface area contributed by atoms with Crippen molar-refractivity contribution in [1.82, 2.24) is 0 Å². The molecule has 4 heteroatoms. The van der Waals surface area contributed by atoms with Gasteiger partial charge in [-0.05, 0) is 12.8 Å². The Bertz CT molecular complexity index is 439. The number of rotatable bonds is 4. The van der Waals surface area contributed by atoms with E-state index in [2.05, 4.69) is 0 Å². The maximum Gasteiger partial charge on any atom is 0.164 e. The maximum absolute atomic E-state index is 11.7. The van der Waals surface area contributed by atoms with Crippen LogP contribution < -0.4 is 9.47 Å². The van der Waals surface area contributed by atoms with E-state index in [-0.39, 0.29) is 11.7 Å². The van der Waals surface area contributed by atoms with Crippen LogP contribution in [-0.4, -0.2) is 20.0 Å². The molecule has 0 aliphatic carbocycles. The Morgan fingerprint density at radius 3 is 2.24 bits per heavy atom. The van der Waals surface area contributed by atoms with E-state index in [1.807, 2.05) is 13.8 Å². The van der Waals surface area contributed by atoms with Crippen LogP contribution >= 0.6 is 11.6 Å². The summed E-state index contributed by atoms with van der Waals surface area (Å²) in [4.78, 5) is 11.7. The van der Waals surface area contributed by atoms with Crippen molar-refractivity contribution >= 4 is 17.4 Å². The molecule has 0 N–H and O–H groups in total. The first kappa shape index (κ1) is 13.8. The minimum absolute atomic E-state index is 0.0698. The van der Waals surface area contributed by atoms with Crippen LogP contribution in [0.15, 0.2) is 6.07 Å². The lowest BCUT2D eigenvalue weighted by Gasteiger charge is -2.19. The van der Waals surface area contributed by atoms with Crippen LogP contribution in [0.25, 0.3) is 0 Å². The largest absolute Gasteiger partial charge is 0.493 e. The number of ketones is 1. The van der Waals surface area contributed by atoms with Crippen LogP contribution in [-0.2, 0) is 0 Å². The Morgan fingerprint density at radius 1 is 1.29 bits per heavy atom. The van der Waals surface area contributed by atoms with Gasteiger partial charge in [0, 0.05) is 17.2 Å². The number of ether oxygens (including phenoxy) is 2. The van der Waals surface area contributed by atoms with Gasteiger partial charge in [-0.15, -0.1) is 0 Å². The number of benzene rings is 1. The molecule has 0 spiro atoms. The molecule has 1 aromatic carbocycles. The zero-order chi connectivity index (χ0) is 13.2. The summed E-state index contributed by atoms with van der Waals surface area (Å²) in [5, 5.41) is 0.402. The molecule has 0 heterocycles. The first-order valence-electron chi connectivity index (χ1n) is 5.39. The third kappa shape index (κ3) is 2.55. The summed E-state index contributed by atoms with van der Waals surface area (Å²) in [6.07, 6.45) is 0. The van der Waals surface area contributed by atoms with Gasteiger partial charge in [-0.3, -0.25) is 4.79 Å². The van der Waals surface area contributed by atoms with Crippen LogP contribution in [0.1, 0.15) is 42.6 Å². The molecule has 0 unspecified atom stereocenters. The quantitative estimate of drug-likeness (QED) is 0.771. The van der Waals surface area contributed by atoms with Gasteiger partial charge in [0.25, 0.3) is 0 Å². The molecule has 1 aromatic rings. The summed E-state index contributed by atoms with van der Waals surface area (Å²) >= 11 is 6.12. The second-order valence-corrected chi connectivity index (χ2v) is 4.50. The summed E-state index contributed by atoms with van der Waals surface area (Å²) < 4.78 is 10.6. The second-order valence-electron chi connectivity index (χ2n) is 4.09. The van der Waals surface area contributed by atoms with Crippen molar-refractivity contribution in [3.63, 3.8) is 0 Å². The van der Waals surface area contributed by atoms with Crippen molar-refractivity contribution in [2.24, 2.45) is 0 Å². The van der Waals surface area contributed by atoms with Gasteiger partial charge in [0.1, 0.15) is 0 Å². The second kappa shape index (κ2) is 5.41. The highest BCUT2D eigenvalue weighted by atomic mass is 35.5. The molecule has 0 atom stereocenters. The number of halogens is 1. The van der Waals surface area contributed by atoms with Crippen LogP contribution in [0.2, 0.25) is 5.02 Å². The van der Waals surface area contributed by atoms with Crippen LogP contribution in [0.4, 0.5) is 0 Å². The van der Waals surface area contributed by atoms with E-state index >= 15 is 0 Å². The van der Waals surface area contributed by atoms with Crippen molar-refractivity contribution < 1.29 is 14.3 Å². The van der Waals surface area contributed by atoms with Crippen LogP contribution in [0, 0.1) is 0 Å². The highest BCUT2D eigenvalue weighted by Crippen LogP contribution is 2.41. The monoisotopic (exact) mass is 256 g/mol. The highest BCUT2D eigenvalue weighted by molar-refractivity contribution is 6.34. The molecule has 0 aromatic heterocycles. The zero-order valence-corrected chi connectivity index (χ0v) is 11.5. The molecule has 3 nitrogen and oxygen atoms in total. The fraction of sp³-hybridized carbons (Fsp3) is 0.462. The molecule has 0 radical (unpaired) electrons. The molecular formula is C13H17ClO3. The third-order valence-corrected chi connectivity index (χ3v) is 2.89. The fourth-order valence-corrected chi connectivity index (χ4v) is 2.23. The molecule has 0 fully saturated rings. The Hall–Kier alpha value is -1.22. The minimum atomic E-state index is -0.0698. The maximum atomic E-state index is 11.7. The molecule has 0 amide bonds. The third-order valence-electron chi connectivity index (χ3n) is 2.59. The molecule has 0 saturated heterocycles. The summed E-state index contributed by atoms with van der Waals surface area (Å²) in [5.41, 5.74) is 1.31. The van der Waals surface area contributed by atoms with E-state index < -0.39 is 0 Å². The molecule has 0 saturated carbocycles. The molecule has 1 rings (SSSR count). The number of hydrogen-bond acceptors (Lipinski definition) is 3. The molecular weight excluding hydrogens is 240 g/mol. The van der Waals surface area contributed by atoms with Gasteiger partial charge in [-0.1, -0.05) is 25.4 Å². The standard InChI is InChI=1S/C13H17ClO3/c1-7(2)11-12(8(3)15)9(14)6-10(16-4)13(11)17-5/h6-7H,1-5H3. The molecule has 0 bridgehead atoms. The Kier molecular flexibility index (Phi) is 4.40. The Morgan fingerprint density at radius 2 is 1.88 bits per heavy atom. The first-order valence-corrected chi connectivity index (χ1v) is 5.77. The summed E-state index contributed by atoms with van der Waals surface area (Å²) in [7, 11) is 3.10. The average molecular weight is 257 g/mol. The SMILES string of the molecule is COc1cc(Cl)c(C(C)=O)c(C(C)C)c1OC. The lowest BCUT2D eigenvalue weighted by molar-refractivity contribution is 0.101. The Labute approximate surface area is 107 Å². The smallest absolute Gasteiger partial charge is 0.164 e. The van der Waals surface area contributed by atoms with Gasteiger partial charge in [0.2, 0.25) is 0 Å². The van der Waals surface area contributed by atoms with Gasteiger partial charge >= 0.3 is 0 Å². The van der Waals surface area contributed by atoms with Gasteiger partial charge in [-0.2, -0.15) is 0 Å². The first-order chi connectivity index (χ1) is 7.93. The van der Waals surface area contributed by atoms with Gasteiger partial charge in [0.05, 0.1) is 19.2 Å². The predicted octanol–water partition coefficient (Wildman–Crippen LogP) is 3.68. The van der Waals surface area contributed by atoms with E-state index in [1.165, 1.54) is 6.92 Å². The van der Waals surface area contributed by atoms with Gasteiger partial charge in [0.15, 0.2) is 17.3 Å². The summed E-state index contributed by atoms with van der Waals surface area (Å²) in [6.45, 7) is 5.47. The predicted molar refractivity (Wildman–Crippen MR) is 68.6 cm³/mol. The summed E-state index contributed by atoms with van der Waals surface area (Å²) in [5.74, 6) is 1.18. The van der Waals surface area contributed by atoms with E-state index in [1.54, 1.807) is 20.3 Å². The number of hydrogen-bond donors (Lipinski definition) is 0. The zero-order valence-electron chi connectivity index (χ0n) is 10.8. The number of Topliss-reactive ketones (excluding diaryl/α,β-unsaturated/α-hetero) is 1. The molecule has 94 valence electrons. The van der Waals surface area contributed by atoms with Crippen LogP contribution in [0.3, 0.4) is 0 Å². The van der Waals surface area contributed by atoms with Crippen molar-refractivity contribution in [3.8, 4) is 11.5 Å². The van der Waals surface area contributed by atoms with E-state index in [0.717, 1.165) is 5.56 Å². The van der Waals surface area contributed by atoms with E-state index in [4.69, 9.17) is 21.1 Å². The molecule has 0 aliphatic rings. The van der Waals surface area contributed by atoms with E-state index in [9.17, 15) is 4.79 Å². The van der Waals surface area contributed by atoms with Crippen molar-refractivity contribution in [2.45, 2.75) is 26.7 Å². The minimum Gasteiger partial charge on any atom is -0.493 e. The molecule has 0 aliphatic heterocycles. The highest BCUT2D eigenvalue weighted by Gasteiger charge is 2.23. The number of methoxy groups -OCH3 is 2. The van der Waals surface area contributed by atoms with Crippen molar-refractivity contribution in [3.05, 3.63) is 22.2 Å². The van der Waals surface area contributed by atoms with Crippen molar-refractivity contribution in [1.29, 1.82) is 0 Å². The summed E-state index contributed by atoms with van der Waals surface area (Å²) in [6, 6.07) is 1.61. The average Bonchev–Trinajstić information content (AvgIpc) is 2.26. The van der Waals surface area contributed by atoms with Crippen LogP contribution in [0.5, 0.6) is 11.5 Å². The lowest BCUT2D eigenvalue weighted by Crippen LogP contribution is -2.07. The molecule has 17 heavy (non-hydrogen) atoms. The van der Waals surface area contributed by atoms with Crippen molar-refractivity contribution in [2.75, 3.05) is 14.2 Å². The fourth-order valence-electron chi connectivity index (χ4n) is 1.90. The van der Waals surface area contributed by atoms with Gasteiger partial charge in [-0.25, -0.2) is 0 Å². The normalized spacial score (nSPS) is 10.5. The Balaban J connectivity index is 3.67. The lowest BCUT2D eigenvalue weighted by atomic mass is 9.93.